The molecular weight excluding hydrogens is 308 g/mol. The van der Waals surface area contributed by atoms with Crippen molar-refractivity contribution < 1.29 is 0 Å². The van der Waals surface area contributed by atoms with Crippen LogP contribution in [0.5, 0.6) is 0 Å². The van der Waals surface area contributed by atoms with Gasteiger partial charge in [-0.2, -0.15) is 0 Å². The molecule has 0 amide bonds. The zero-order valence-electron chi connectivity index (χ0n) is 10.4. The number of hydrogen-bond donors (Lipinski definition) is 1. The summed E-state index contributed by atoms with van der Waals surface area (Å²) in [5, 5.41) is 5.76. The average molecular weight is 325 g/mol. The van der Waals surface area contributed by atoms with Gasteiger partial charge in [0.15, 0.2) is 0 Å². The molecule has 0 saturated heterocycles. The van der Waals surface area contributed by atoms with Crippen LogP contribution < -0.4 is 5.32 Å². The van der Waals surface area contributed by atoms with E-state index in [0.29, 0.717) is 6.04 Å². The fourth-order valence-corrected chi connectivity index (χ4v) is 3.38. The van der Waals surface area contributed by atoms with Crippen LogP contribution in [0, 0.1) is 0 Å². The van der Waals surface area contributed by atoms with Gasteiger partial charge in [-0.25, -0.2) is 0 Å². The molecule has 1 N–H and O–H groups in total. The lowest BCUT2D eigenvalue weighted by molar-refractivity contribution is 0.536. The third-order valence-corrected chi connectivity index (χ3v) is 4.57. The Labute approximate surface area is 121 Å². The maximum Gasteiger partial charge on any atom is 0.0456 e. The van der Waals surface area contributed by atoms with Gasteiger partial charge in [0.25, 0.3) is 0 Å². The highest BCUT2D eigenvalue weighted by Crippen LogP contribution is 2.27. The summed E-state index contributed by atoms with van der Waals surface area (Å²) in [6.45, 7) is 3.24. The molecule has 2 rings (SSSR count). The van der Waals surface area contributed by atoms with Gasteiger partial charge in [-0.05, 0) is 59.1 Å². The van der Waals surface area contributed by atoms with Crippen molar-refractivity contribution in [2.45, 2.75) is 25.8 Å². The van der Waals surface area contributed by atoms with Crippen molar-refractivity contribution >= 4 is 27.3 Å². The van der Waals surface area contributed by atoms with Gasteiger partial charge in [0.1, 0.15) is 0 Å². The molecule has 0 aliphatic rings. The lowest BCUT2D eigenvalue weighted by atomic mass is 10.1. The van der Waals surface area contributed by atoms with E-state index in [1.807, 2.05) is 12.4 Å². The van der Waals surface area contributed by atoms with Gasteiger partial charge >= 0.3 is 0 Å². The predicted octanol–water partition coefficient (Wildman–Crippen LogP) is 4.19. The maximum atomic E-state index is 4.07. The van der Waals surface area contributed by atoms with E-state index in [4.69, 9.17) is 0 Å². The highest BCUT2D eigenvalue weighted by Gasteiger charge is 2.13. The van der Waals surface area contributed by atoms with E-state index >= 15 is 0 Å². The molecule has 0 radical (unpaired) electrons. The Morgan fingerprint density at radius 3 is 2.78 bits per heavy atom. The topological polar surface area (TPSA) is 24.9 Å². The van der Waals surface area contributed by atoms with Crippen LogP contribution in [0.1, 0.15) is 29.8 Å². The second-order valence-electron chi connectivity index (χ2n) is 4.23. The second kappa shape index (κ2) is 7.02. The minimum atomic E-state index is 0.392. The van der Waals surface area contributed by atoms with E-state index in [2.05, 4.69) is 56.7 Å². The van der Waals surface area contributed by atoms with Crippen molar-refractivity contribution in [1.82, 2.24) is 10.3 Å². The van der Waals surface area contributed by atoms with Crippen LogP contribution in [0.3, 0.4) is 0 Å². The van der Waals surface area contributed by atoms with E-state index in [9.17, 15) is 0 Å². The molecule has 0 aromatic carbocycles. The highest BCUT2D eigenvalue weighted by atomic mass is 79.9. The molecule has 0 aliphatic heterocycles. The Kier molecular flexibility index (Phi) is 5.35. The number of hydrogen-bond acceptors (Lipinski definition) is 3. The van der Waals surface area contributed by atoms with Crippen LogP contribution in [0.4, 0.5) is 0 Å². The molecule has 1 unspecified atom stereocenters. The Morgan fingerprint density at radius 2 is 2.17 bits per heavy atom. The molecule has 96 valence electrons. The van der Waals surface area contributed by atoms with Crippen LogP contribution in [-0.2, 0) is 6.42 Å². The molecule has 18 heavy (non-hydrogen) atoms. The van der Waals surface area contributed by atoms with Gasteiger partial charge in [-0.1, -0.05) is 6.92 Å². The molecule has 2 aromatic heterocycles. The van der Waals surface area contributed by atoms with E-state index in [0.717, 1.165) is 19.4 Å². The number of rotatable bonds is 6. The second-order valence-corrected chi connectivity index (χ2v) is 6.09. The highest BCUT2D eigenvalue weighted by molar-refractivity contribution is 9.10. The summed E-state index contributed by atoms with van der Waals surface area (Å²) in [7, 11) is 0. The van der Waals surface area contributed by atoms with Crippen LogP contribution >= 0.6 is 27.3 Å². The Balaban J connectivity index is 2.10. The fourth-order valence-electron chi connectivity index (χ4n) is 1.86. The zero-order chi connectivity index (χ0) is 12.8. The molecule has 2 heterocycles. The van der Waals surface area contributed by atoms with Crippen LogP contribution in [0.2, 0.25) is 0 Å². The van der Waals surface area contributed by atoms with Crippen molar-refractivity contribution in [3.8, 4) is 0 Å². The zero-order valence-corrected chi connectivity index (χ0v) is 12.8. The first kappa shape index (κ1) is 13.7. The Hall–Kier alpha value is -0.710. The smallest absolute Gasteiger partial charge is 0.0456 e. The number of aromatic nitrogens is 1. The summed E-state index contributed by atoms with van der Waals surface area (Å²) in [4.78, 5) is 5.45. The summed E-state index contributed by atoms with van der Waals surface area (Å²) in [5.41, 5.74) is 1.32. The van der Waals surface area contributed by atoms with Crippen molar-refractivity contribution in [3.63, 3.8) is 0 Å². The van der Waals surface area contributed by atoms with E-state index in [-0.39, 0.29) is 0 Å². The maximum absolute atomic E-state index is 4.07. The third kappa shape index (κ3) is 3.90. The lowest BCUT2D eigenvalue weighted by Gasteiger charge is -2.17. The fraction of sp³-hybridized carbons (Fsp3) is 0.357. The van der Waals surface area contributed by atoms with Gasteiger partial charge in [0.05, 0.1) is 0 Å². The summed E-state index contributed by atoms with van der Waals surface area (Å²) in [6, 6.07) is 6.77. The number of thiophene rings is 1. The van der Waals surface area contributed by atoms with Crippen molar-refractivity contribution in [2.24, 2.45) is 0 Å². The molecule has 4 heteroatoms. The molecule has 0 saturated carbocycles. The molecule has 0 aliphatic carbocycles. The van der Waals surface area contributed by atoms with E-state index < -0.39 is 0 Å². The lowest BCUT2D eigenvalue weighted by Crippen LogP contribution is -2.23. The monoisotopic (exact) mass is 324 g/mol. The van der Waals surface area contributed by atoms with Gasteiger partial charge in [0.2, 0.25) is 0 Å². The number of nitrogens with one attached hydrogen (secondary N) is 1. The molecule has 0 fully saturated rings. The number of pyridine rings is 1. The third-order valence-electron chi connectivity index (χ3n) is 2.76. The van der Waals surface area contributed by atoms with Crippen molar-refractivity contribution in [2.75, 3.05) is 6.54 Å². The Morgan fingerprint density at radius 1 is 1.39 bits per heavy atom. The van der Waals surface area contributed by atoms with Crippen LogP contribution in [0.15, 0.2) is 40.4 Å². The predicted molar refractivity (Wildman–Crippen MR) is 81.0 cm³/mol. The first-order valence-corrected chi connectivity index (χ1v) is 7.83. The van der Waals surface area contributed by atoms with E-state index in [1.165, 1.54) is 14.9 Å². The summed E-state index contributed by atoms with van der Waals surface area (Å²) >= 11 is 5.33. The molecule has 0 bridgehead atoms. The number of nitrogens with zero attached hydrogens (tertiary/aromatic N) is 1. The quantitative estimate of drug-likeness (QED) is 0.861. The van der Waals surface area contributed by atoms with E-state index in [1.54, 1.807) is 11.3 Å². The van der Waals surface area contributed by atoms with Gasteiger partial charge < -0.3 is 5.32 Å². The minimum absolute atomic E-state index is 0.392. The average Bonchev–Trinajstić information content (AvgIpc) is 2.82. The first-order valence-electron chi connectivity index (χ1n) is 6.16. The molecule has 2 aromatic rings. The van der Waals surface area contributed by atoms with Gasteiger partial charge in [-0.15, -0.1) is 11.3 Å². The van der Waals surface area contributed by atoms with Crippen LogP contribution in [-0.4, -0.2) is 11.5 Å². The van der Waals surface area contributed by atoms with Gasteiger partial charge in [0, 0.05) is 33.2 Å². The van der Waals surface area contributed by atoms with Crippen LogP contribution in [0.25, 0.3) is 0 Å². The molecular formula is C14H17BrN2S. The number of halogens is 1. The molecule has 0 spiro atoms. The molecule has 1 atom stereocenters. The first-order chi connectivity index (χ1) is 8.79. The van der Waals surface area contributed by atoms with Crippen molar-refractivity contribution in [1.29, 1.82) is 0 Å². The summed E-state index contributed by atoms with van der Waals surface area (Å²) < 4.78 is 1.17. The van der Waals surface area contributed by atoms with Crippen molar-refractivity contribution in [3.05, 3.63) is 50.9 Å². The SMILES string of the molecule is CCCNC(Cc1ccncc1)c1cc(Br)cs1. The largest absolute Gasteiger partial charge is 0.309 e. The van der Waals surface area contributed by atoms with Gasteiger partial charge in [-0.3, -0.25) is 4.98 Å². The summed E-state index contributed by atoms with van der Waals surface area (Å²) in [6.07, 6.45) is 5.88. The Bertz CT molecular complexity index is 470. The minimum Gasteiger partial charge on any atom is -0.309 e. The standard InChI is InChI=1S/C14H17BrN2S/c1-2-5-17-13(14-9-12(15)10-18-14)8-11-3-6-16-7-4-11/h3-4,6-7,9-10,13,17H,2,5,8H2,1H3. The normalized spacial score (nSPS) is 12.6. The summed E-state index contributed by atoms with van der Waals surface area (Å²) in [5.74, 6) is 0. The molecule has 2 nitrogen and oxygen atoms in total.